The van der Waals surface area contributed by atoms with Gasteiger partial charge in [0.05, 0.1) is 0 Å². The summed E-state index contributed by atoms with van der Waals surface area (Å²) in [6.45, 7) is 4.49. The van der Waals surface area contributed by atoms with E-state index in [1.54, 1.807) is 0 Å². The molecule has 0 aromatic carbocycles. The summed E-state index contributed by atoms with van der Waals surface area (Å²) in [6, 6.07) is 3.87. The third kappa shape index (κ3) is 2.56. The molecule has 2 nitrogen and oxygen atoms in total. The molecule has 15 heavy (non-hydrogen) atoms. The fourth-order valence-electron chi connectivity index (χ4n) is 2.54. The van der Waals surface area contributed by atoms with Crippen molar-refractivity contribution < 1.29 is 4.42 Å². The Hall–Kier alpha value is -0.470. The van der Waals surface area contributed by atoms with Gasteiger partial charge in [-0.05, 0) is 62.0 Å². The minimum Gasteiger partial charge on any atom is -0.449 e. The van der Waals surface area contributed by atoms with E-state index in [2.05, 4.69) is 12.2 Å². The molecule has 1 atom stereocenters. The molecule has 1 aromatic rings. The van der Waals surface area contributed by atoms with E-state index >= 15 is 0 Å². The molecule has 2 rings (SSSR count). The largest absolute Gasteiger partial charge is 0.449 e. The molecule has 84 valence electrons. The average Bonchev–Trinajstić information content (AvgIpc) is 2.68. The second kappa shape index (κ2) is 5.04. The Morgan fingerprint density at radius 3 is 2.73 bits per heavy atom. The highest BCUT2D eigenvalue weighted by Gasteiger charge is 2.25. The van der Waals surface area contributed by atoms with Crippen molar-refractivity contribution in [1.82, 2.24) is 5.32 Å². The first kappa shape index (κ1) is 11.0. The number of furan rings is 1. The Morgan fingerprint density at radius 1 is 1.47 bits per heavy atom. The van der Waals surface area contributed by atoms with Crippen LogP contribution in [0.4, 0.5) is 0 Å². The zero-order chi connectivity index (χ0) is 10.7. The maximum atomic E-state index is 5.82. The summed E-state index contributed by atoms with van der Waals surface area (Å²) in [5.74, 6) is 2.35. The molecule has 0 aliphatic carbocycles. The first-order chi connectivity index (χ1) is 7.31. The first-order valence-electron chi connectivity index (χ1n) is 5.77. The van der Waals surface area contributed by atoms with Crippen molar-refractivity contribution in [1.29, 1.82) is 0 Å². The minimum atomic E-state index is 0.511. The van der Waals surface area contributed by atoms with Crippen LogP contribution in [0.5, 0.6) is 0 Å². The quantitative estimate of drug-likeness (QED) is 0.856. The number of piperidine rings is 1. The number of halogens is 1. The summed E-state index contributed by atoms with van der Waals surface area (Å²) in [5, 5.41) is 3.91. The van der Waals surface area contributed by atoms with E-state index in [0.29, 0.717) is 11.1 Å². The van der Waals surface area contributed by atoms with Gasteiger partial charge in [0, 0.05) is 5.92 Å². The van der Waals surface area contributed by atoms with Gasteiger partial charge in [-0.3, -0.25) is 0 Å². The third-order valence-corrected chi connectivity index (χ3v) is 3.56. The summed E-state index contributed by atoms with van der Waals surface area (Å²) in [7, 11) is 0. The van der Waals surface area contributed by atoms with Crippen molar-refractivity contribution in [3.8, 4) is 0 Å². The summed E-state index contributed by atoms with van der Waals surface area (Å²) >= 11 is 5.82. The van der Waals surface area contributed by atoms with E-state index in [0.717, 1.165) is 31.2 Å². The summed E-state index contributed by atoms with van der Waals surface area (Å²) in [5.41, 5.74) is 0. The van der Waals surface area contributed by atoms with Crippen molar-refractivity contribution in [3.63, 3.8) is 0 Å². The Labute approximate surface area is 96.0 Å². The van der Waals surface area contributed by atoms with Crippen LogP contribution in [0.15, 0.2) is 16.5 Å². The van der Waals surface area contributed by atoms with Crippen LogP contribution >= 0.6 is 11.6 Å². The number of hydrogen-bond acceptors (Lipinski definition) is 2. The molecule has 2 heterocycles. The lowest BCUT2D eigenvalue weighted by atomic mass is 9.82. The van der Waals surface area contributed by atoms with Crippen LogP contribution in [0, 0.1) is 5.92 Å². The molecule has 1 aliphatic rings. The van der Waals surface area contributed by atoms with Gasteiger partial charge < -0.3 is 9.73 Å². The van der Waals surface area contributed by atoms with Gasteiger partial charge in [-0.15, -0.1) is 0 Å². The average molecular weight is 228 g/mol. The van der Waals surface area contributed by atoms with Crippen LogP contribution < -0.4 is 5.32 Å². The molecule has 0 bridgehead atoms. The van der Waals surface area contributed by atoms with Crippen LogP contribution in [0.3, 0.4) is 0 Å². The van der Waals surface area contributed by atoms with Crippen molar-refractivity contribution in [2.45, 2.75) is 32.1 Å². The predicted molar refractivity (Wildman–Crippen MR) is 62.3 cm³/mol. The van der Waals surface area contributed by atoms with Gasteiger partial charge in [-0.1, -0.05) is 6.92 Å². The normalized spacial score (nSPS) is 20.4. The molecule has 1 aliphatic heterocycles. The van der Waals surface area contributed by atoms with Gasteiger partial charge in [0.1, 0.15) is 5.76 Å². The van der Waals surface area contributed by atoms with E-state index in [9.17, 15) is 0 Å². The Bertz CT molecular complexity index is 304. The number of nitrogens with one attached hydrogen (secondary N) is 1. The van der Waals surface area contributed by atoms with Gasteiger partial charge >= 0.3 is 0 Å². The fourth-order valence-corrected chi connectivity index (χ4v) is 2.69. The second-order valence-electron chi connectivity index (χ2n) is 4.24. The van der Waals surface area contributed by atoms with Crippen LogP contribution in [-0.2, 0) is 0 Å². The van der Waals surface area contributed by atoms with Gasteiger partial charge in [0.2, 0.25) is 0 Å². The van der Waals surface area contributed by atoms with Gasteiger partial charge in [0.15, 0.2) is 5.22 Å². The Balaban J connectivity index is 2.08. The van der Waals surface area contributed by atoms with Crippen LogP contribution in [0.1, 0.15) is 37.9 Å². The van der Waals surface area contributed by atoms with Crippen LogP contribution in [0.25, 0.3) is 0 Å². The molecule has 0 radical (unpaired) electrons. The molecule has 3 heteroatoms. The Morgan fingerprint density at radius 2 is 2.20 bits per heavy atom. The van der Waals surface area contributed by atoms with Crippen molar-refractivity contribution in [2.75, 3.05) is 13.1 Å². The molecule has 1 aromatic heterocycles. The maximum absolute atomic E-state index is 5.82. The number of hydrogen-bond donors (Lipinski definition) is 1. The van der Waals surface area contributed by atoms with E-state index in [1.807, 2.05) is 12.1 Å². The lowest BCUT2D eigenvalue weighted by molar-refractivity contribution is 0.282. The SMILES string of the molecule is CCC(c1ccc(Cl)o1)C1CCNCC1. The molecule has 1 unspecified atom stereocenters. The highest BCUT2D eigenvalue weighted by Crippen LogP contribution is 2.35. The lowest BCUT2D eigenvalue weighted by Crippen LogP contribution is -2.30. The first-order valence-corrected chi connectivity index (χ1v) is 6.15. The van der Waals surface area contributed by atoms with E-state index < -0.39 is 0 Å². The summed E-state index contributed by atoms with van der Waals surface area (Å²) < 4.78 is 5.53. The van der Waals surface area contributed by atoms with Crippen LogP contribution in [-0.4, -0.2) is 13.1 Å². The predicted octanol–water partition coefficient (Wildman–Crippen LogP) is 3.43. The zero-order valence-corrected chi connectivity index (χ0v) is 9.89. The van der Waals surface area contributed by atoms with Crippen molar-refractivity contribution in [3.05, 3.63) is 23.1 Å². The van der Waals surface area contributed by atoms with E-state index in [1.165, 1.54) is 12.8 Å². The maximum Gasteiger partial charge on any atom is 0.193 e. The fraction of sp³-hybridized carbons (Fsp3) is 0.667. The topological polar surface area (TPSA) is 25.2 Å². The minimum absolute atomic E-state index is 0.511. The van der Waals surface area contributed by atoms with Gasteiger partial charge in [0.25, 0.3) is 0 Å². The van der Waals surface area contributed by atoms with Crippen molar-refractivity contribution >= 4 is 11.6 Å². The molecule has 0 spiro atoms. The molecule has 0 saturated carbocycles. The molecule has 1 fully saturated rings. The third-order valence-electron chi connectivity index (χ3n) is 3.35. The highest BCUT2D eigenvalue weighted by molar-refractivity contribution is 6.28. The smallest absolute Gasteiger partial charge is 0.193 e. The molecule has 1 N–H and O–H groups in total. The van der Waals surface area contributed by atoms with Crippen molar-refractivity contribution in [2.24, 2.45) is 5.92 Å². The van der Waals surface area contributed by atoms with E-state index in [4.69, 9.17) is 16.0 Å². The standard InChI is InChI=1S/C12H18ClNO/c1-2-10(9-5-7-14-8-6-9)11-3-4-12(13)15-11/h3-4,9-10,14H,2,5-8H2,1H3. The molecule has 0 amide bonds. The monoisotopic (exact) mass is 227 g/mol. The second-order valence-corrected chi connectivity index (χ2v) is 4.62. The summed E-state index contributed by atoms with van der Waals surface area (Å²) in [6.07, 6.45) is 3.63. The van der Waals surface area contributed by atoms with E-state index in [-0.39, 0.29) is 0 Å². The van der Waals surface area contributed by atoms with Gasteiger partial charge in [-0.2, -0.15) is 0 Å². The zero-order valence-electron chi connectivity index (χ0n) is 9.13. The molecule has 1 saturated heterocycles. The van der Waals surface area contributed by atoms with Gasteiger partial charge in [-0.25, -0.2) is 0 Å². The highest BCUT2D eigenvalue weighted by atomic mass is 35.5. The number of rotatable bonds is 3. The Kier molecular flexibility index (Phi) is 3.71. The summed E-state index contributed by atoms with van der Waals surface area (Å²) in [4.78, 5) is 0. The van der Waals surface area contributed by atoms with Crippen LogP contribution in [0.2, 0.25) is 5.22 Å². The molecular formula is C12H18ClNO. The molecular weight excluding hydrogens is 210 g/mol. The lowest BCUT2D eigenvalue weighted by Gasteiger charge is -2.28.